The second-order valence-electron chi connectivity index (χ2n) is 10.2. The topological polar surface area (TPSA) is 103 Å². The van der Waals surface area contributed by atoms with Crippen molar-refractivity contribution in [3.8, 4) is 23.0 Å². The minimum Gasteiger partial charge on any atom is -0.489 e. The number of benzene rings is 2. The van der Waals surface area contributed by atoms with E-state index in [1.165, 1.54) is 41.3 Å². The first-order valence-electron chi connectivity index (χ1n) is 12.5. The van der Waals surface area contributed by atoms with Crippen LogP contribution in [0.4, 0.5) is 36.8 Å². The van der Waals surface area contributed by atoms with E-state index in [0.717, 1.165) is 12.1 Å². The highest BCUT2D eigenvalue weighted by atomic mass is 19.4. The standard InChI is InChI=1S/C27H25F6N3O6/c1-25(2,3)42-24(38)36-13-12-17(14-36)39-16-10-8-15(9-11-16)34-22(37)20-21(26(28,29)30)40-23(35-20)18-6-4-5-7-19(18)41-27(31,32)33/h4-11,17H,12-14H2,1-3H3,(H,34,37). The fourth-order valence-corrected chi connectivity index (χ4v) is 3.95. The van der Waals surface area contributed by atoms with Gasteiger partial charge in [-0.3, -0.25) is 4.79 Å². The van der Waals surface area contributed by atoms with Crippen LogP contribution in [0.25, 0.3) is 11.5 Å². The number of halogens is 6. The lowest BCUT2D eigenvalue weighted by atomic mass is 10.2. The van der Waals surface area contributed by atoms with Crippen molar-refractivity contribution in [2.45, 2.75) is 51.4 Å². The Kier molecular flexibility index (Phi) is 8.32. The second-order valence-corrected chi connectivity index (χ2v) is 10.2. The number of anilines is 1. The average Bonchev–Trinajstić information content (AvgIpc) is 3.51. The molecule has 0 spiro atoms. The third-order valence-corrected chi connectivity index (χ3v) is 5.65. The number of amides is 2. The van der Waals surface area contributed by atoms with Gasteiger partial charge in [-0.1, -0.05) is 12.1 Å². The molecule has 2 heterocycles. The first-order valence-corrected chi connectivity index (χ1v) is 12.5. The van der Waals surface area contributed by atoms with Gasteiger partial charge in [0.05, 0.1) is 12.1 Å². The maximum absolute atomic E-state index is 13.7. The van der Waals surface area contributed by atoms with Gasteiger partial charge in [0, 0.05) is 18.7 Å². The molecule has 1 N–H and O–H groups in total. The van der Waals surface area contributed by atoms with Gasteiger partial charge in [0.2, 0.25) is 11.7 Å². The minimum atomic E-state index is -5.19. The number of nitrogens with zero attached hydrogens (tertiary/aromatic N) is 2. The van der Waals surface area contributed by atoms with Crippen molar-refractivity contribution in [1.82, 2.24) is 9.88 Å². The third kappa shape index (κ3) is 7.85. The summed E-state index contributed by atoms with van der Waals surface area (Å²) in [5.74, 6) is -4.49. The zero-order chi connectivity index (χ0) is 30.9. The van der Waals surface area contributed by atoms with E-state index in [9.17, 15) is 35.9 Å². The molecule has 1 fully saturated rings. The van der Waals surface area contributed by atoms with E-state index in [1.54, 1.807) is 20.8 Å². The molecule has 1 aromatic heterocycles. The van der Waals surface area contributed by atoms with Crippen LogP contribution in [0.1, 0.15) is 43.4 Å². The molecule has 1 unspecified atom stereocenters. The van der Waals surface area contributed by atoms with Crippen molar-refractivity contribution in [2.24, 2.45) is 0 Å². The van der Waals surface area contributed by atoms with Crippen LogP contribution in [0.15, 0.2) is 52.9 Å². The lowest BCUT2D eigenvalue weighted by Gasteiger charge is -2.24. The van der Waals surface area contributed by atoms with Crippen molar-refractivity contribution in [1.29, 1.82) is 0 Å². The number of hydrogen-bond acceptors (Lipinski definition) is 7. The lowest BCUT2D eigenvalue weighted by molar-refractivity contribution is -0.274. The molecule has 0 saturated carbocycles. The highest BCUT2D eigenvalue weighted by molar-refractivity contribution is 6.04. The van der Waals surface area contributed by atoms with Gasteiger partial charge < -0.3 is 28.8 Å². The maximum Gasteiger partial charge on any atom is 0.573 e. The van der Waals surface area contributed by atoms with Crippen LogP contribution in [0.3, 0.4) is 0 Å². The van der Waals surface area contributed by atoms with Crippen molar-refractivity contribution >= 4 is 17.7 Å². The number of hydrogen-bond donors (Lipinski definition) is 1. The summed E-state index contributed by atoms with van der Waals surface area (Å²) in [5.41, 5.74) is -2.30. The molecule has 1 atom stereocenters. The number of alkyl halides is 6. The van der Waals surface area contributed by atoms with Crippen molar-refractivity contribution in [2.75, 3.05) is 18.4 Å². The van der Waals surface area contributed by atoms with Gasteiger partial charge in [-0.25, -0.2) is 9.78 Å². The Morgan fingerprint density at radius 1 is 1.00 bits per heavy atom. The summed E-state index contributed by atoms with van der Waals surface area (Å²) in [7, 11) is 0. The zero-order valence-electron chi connectivity index (χ0n) is 22.4. The lowest BCUT2D eigenvalue weighted by Crippen LogP contribution is -2.36. The number of carbonyl (C=O) groups is 2. The highest BCUT2D eigenvalue weighted by Crippen LogP contribution is 2.39. The van der Waals surface area contributed by atoms with E-state index in [4.69, 9.17) is 13.9 Å². The van der Waals surface area contributed by atoms with Crippen LogP contribution in [-0.4, -0.2) is 53.0 Å². The number of carbonyl (C=O) groups excluding carboxylic acids is 2. The van der Waals surface area contributed by atoms with Gasteiger partial charge in [0.25, 0.3) is 5.91 Å². The summed E-state index contributed by atoms with van der Waals surface area (Å²) in [5, 5.41) is 2.26. The summed E-state index contributed by atoms with van der Waals surface area (Å²) < 4.78 is 99.2. The fourth-order valence-electron chi connectivity index (χ4n) is 3.95. The van der Waals surface area contributed by atoms with Crippen molar-refractivity contribution < 1.29 is 54.6 Å². The molecular formula is C27H25F6N3O6. The largest absolute Gasteiger partial charge is 0.573 e. The number of aromatic nitrogens is 1. The minimum absolute atomic E-state index is 0.0765. The van der Waals surface area contributed by atoms with E-state index in [-0.39, 0.29) is 11.8 Å². The first kappa shape index (κ1) is 30.5. The first-order chi connectivity index (χ1) is 19.5. The molecule has 4 rings (SSSR count). The Morgan fingerprint density at radius 2 is 1.67 bits per heavy atom. The van der Waals surface area contributed by atoms with Gasteiger partial charge in [0.15, 0.2) is 5.69 Å². The average molecular weight is 602 g/mol. The third-order valence-electron chi connectivity index (χ3n) is 5.65. The number of nitrogens with one attached hydrogen (secondary N) is 1. The van der Waals surface area contributed by atoms with Crippen LogP contribution in [-0.2, 0) is 10.9 Å². The zero-order valence-corrected chi connectivity index (χ0v) is 22.4. The molecular weight excluding hydrogens is 576 g/mol. The predicted octanol–water partition coefficient (Wildman–Crippen LogP) is 6.90. The van der Waals surface area contributed by atoms with E-state index >= 15 is 0 Å². The predicted molar refractivity (Wildman–Crippen MR) is 135 cm³/mol. The molecule has 1 saturated heterocycles. The molecule has 1 aliphatic rings. The number of rotatable bonds is 6. The molecule has 15 heteroatoms. The van der Waals surface area contributed by atoms with Crippen molar-refractivity contribution in [3.05, 3.63) is 60.0 Å². The van der Waals surface area contributed by atoms with Crippen molar-refractivity contribution in [3.63, 3.8) is 0 Å². The second kappa shape index (κ2) is 11.4. The number of oxazole rings is 1. The van der Waals surface area contributed by atoms with Crippen LogP contribution in [0.2, 0.25) is 0 Å². The van der Waals surface area contributed by atoms with E-state index in [1.807, 2.05) is 0 Å². The molecule has 2 aromatic carbocycles. The van der Waals surface area contributed by atoms with Crippen LogP contribution in [0.5, 0.6) is 11.5 Å². The van der Waals surface area contributed by atoms with Crippen LogP contribution >= 0.6 is 0 Å². The van der Waals surface area contributed by atoms with E-state index in [2.05, 4.69) is 15.0 Å². The Balaban J connectivity index is 1.46. The van der Waals surface area contributed by atoms with Gasteiger partial charge >= 0.3 is 18.6 Å². The fraction of sp³-hybridized carbons (Fsp3) is 0.370. The molecule has 2 amide bonds. The summed E-state index contributed by atoms with van der Waals surface area (Å²) >= 11 is 0. The summed E-state index contributed by atoms with van der Waals surface area (Å²) in [6, 6.07) is 9.95. The molecule has 0 bridgehead atoms. The maximum atomic E-state index is 13.7. The van der Waals surface area contributed by atoms with E-state index < -0.39 is 58.8 Å². The highest BCUT2D eigenvalue weighted by Gasteiger charge is 2.42. The molecule has 42 heavy (non-hydrogen) atoms. The smallest absolute Gasteiger partial charge is 0.489 e. The quantitative estimate of drug-likeness (QED) is 0.307. The van der Waals surface area contributed by atoms with Crippen LogP contribution < -0.4 is 14.8 Å². The summed E-state index contributed by atoms with van der Waals surface area (Å²) in [6.07, 6.45) is -10.6. The Hall–Kier alpha value is -4.43. The normalized spacial score (nSPS) is 15.8. The molecule has 0 aliphatic carbocycles. The summed E-state index contributed by atoms with van der Waals surface area (Å²) in [4.78, 5) is 30.1. The number of ether oxygens (including phenoxy) is 3. The molecule has 3 aromatic rings. The molecule has 226 valence electrons. The van der Waals surface area contributed by atoms with Gasteiger partial charge in [0.1, 0.15) is 23.2 Å². The Bertz CT molecular complexity index is 1430. The molecule has 0 radical (unpaired) electrons. The Morgan fingerprint density at radius 3 is 2.29 bits per heavy atom. The molecule has 1 aliphatic heterocycles. The van der Waals surface area contributed by atoms with E-state index in [0.29, 0.717) is 25.3 Å². The van der Waals surface area contributed by atoms with Gasteiger partial charge in [-0.05, 0) is 57.2 Å². The SMILES string of the molecule is CC(C)(C)OC(=O)N1CCC(Oc2ccc(NC(=O)c3nc(-c4ccccc4OC(F)(F)F)oc3C(F)(F)F)cc2)C1. The number of para-hydroxylation sites is 1. The summed E-state index contributed by atoms with van der Waals surface area (Å²) in [6.45, 7) is 6.00. The van der Waals surface area contributed by atoms with Gasteiger partial charge in [-0.15, -0.1) is 13.2 Å². The Labute approximate surface area is 235 Å². The van der Waals surface area contributed by atoms with Crippen LogP contribution in [0, 0.1) is 0 Å². The van der Waals surface area contributed by atoms with Gasteiger partial charge in [-0.2, -0.15) is 13.2 Å². The monoisotopic (exact) mass is 601 g/mol. The molecule has 9 nitrogen and oxygen atoms in total. The number of likely N-dealkylation sites (tertiary alicyclic amines) is 1.